The van der Waals surface area contributed by atoms with Crippen molar-refractivity contribution >= 4 is 40.7 Å². The number of hydrogen-bond acceptors (Lipinski definition) is 3. The summed E-state index contributed by atoms with van der Waals surface area (Å²) in [5.74, 6) is -0.0734. The normalized spacial score (nSPS) is 26.0. The van der Waals surface area contributed by atoms with Crippen molar-refractivity contribution in [3.05, 3.63) is 46.5 Å². The molecular formula is C24H30ClN3O2S. The highest BCUT2D eigenvalue weighted by Crippen LogP contribution is 2.34. The molecule has 4 rings (SSSR count). The fourth-order valence-electron chi connectivity index (χ4n) is 4.97. The van der Waals surface area contributed by atoms with Crippen molar-refractivity contribution < 1.29 is 9.59 Å². The third kappa shape index (κ3) is 5.29. The summed E-state index contributed by atoms with van der Waals surface area (Å²) in [7, 11) is 0. The van der Waals surface area contributed by atoms with E-state index in [0.717, 1.165) is 24.8 Å². The van der Waals surface area contributed by atoms with Crippen molar-refractivity contribution in [2.45, 2.75) is 64.0 Å². The number of thiocarbonyl (C=S) groups is 1. The van der Waals surface area contributed by atoms with Crippen molar-refractivity contribution in [3.63, 3.8) is 0 Å². The van der Waals surface area contributed by atoms with Crippen molar-refractivity contribution in [1.82, 2.24) is 15.5 Å². The van der Waals surface area contributed by atoms with E-state index in [1.807, 2.05) is 24.3 Å². The molecule has 0 radical (unpaired) electrons. The lowest BCUT2D eigenvalue weighted by Crippen LogP contribution is -2.61. The zero-order valence-corrected chi connectivity index (χ0v) is 19.3. The summed E-state index contributed by atoms with van der Waals surface area (Å²) in [4.78, 5) is 27.5. The predicted octanol–water partition coefficient (Wildman–Crippen LogP) is 4.35. The van der Waals surface area contributed by atoms with Gasteiger partial charge in [-0.05, 0) is 75.2 Å². The number of carbonyl (C=O) groups is 2. The van der Waals surface area contributed by atoms with Crippen LogP contribution >= 0.6 is 23.8 Å². The summed E-state index contributed by atoms with van der Waals surface area (Å²) >= 11 is 11.8. The van der Waals surface area contributed by atoms with Gasteiger partial charge in [0.2, 0.25) is 11.8 Å². The number of rotatable bonds is 6. The Morgan fingerprint density at radius 2 is 2.10 bits per heavy atom. The Balaban J connectivity index is 1.31. The molecule has 0 spiro atoms. The third-order valence-corrected chi connectivity index (χ3v) is 7.48. The quantitative estimate of drug-likeness (QED) is 0.490. The molecule has 1 aromatic carbocycles. The maximum atomic E-state index is 13.2. The standard InChI is InChI=1S/C24H30ClN3O2S/c25-20-9-5-4-8-18(20)15-28-23(30)19-11-10-17(14-21(19)27-24(28)31)22(29)26-13-12-16-6-2-1-3-7-16/h4-6,8-9,17,19,21H,1-3,7,10-15H2,(H,26,29)(H,27,31). The molecule has 2 N–H and O–H groups in total. The van der Waals surface area contributed by atoms with Gasteiger partial charge in [-0.25, -0.2) is 0 Å². The lowest BCUT2D eigenvalue weighted by Gasteiger charge is -2.43. The first-order valence-corrected chi connectivity index (χ1v) is 12.1. The highest BCUT2D eigenvalue weighted by molar-refractivity contribution is 7.80. The van der Waals surface area contributed by atoms with Gasteiger partial charge in [0.25, 0.3) is 0 Å². The molecule has 3 atom stereocenters. The van der Waals surface area contributed by atoms with Crippen LogP contribution in [0.5, 0.6) is 0 Å². The minimum atomic E-state index is -0.148. The van der Waals surface area contributed by atoms with Crippen LogP contribution in [0.3, 0.4) is 0 Å². The SMILES string of the molecule is O=C(NCCC1=CCCCC1)C1CCC2C(=O)N(Cc3ccccc3Cl)C(=S)NC2C1. The van der Waals surface area contributed by atoms with Gasteiger partial charge in [0, 0.05) is 23.5 Å². The third-order valence-electron chi connectivity index (χ3n) is 6.77. The van der Waals surface area contributed by atoms with Crippen molar-refractivity contribution in [3.8, 4) is 0 Å². The summed E-state index contributed by atoms with van der Waals surface area (Å²) in [6, 6.07) is 7.43. The van der Waals surface area contributed by atoms with Gasteiger partial charge >= 0.3 is 0 Å². The van der Waals surface area contributed by atoms with Crippen LogP contribution < -0.4 is 10.6 Å². The zero-order valence-electron chi connectivity index (χ0n) is 17.7. The molecule has 7 heteroatoms. The number of hydrogen-bond donors (Lipinski definition) is 2. The molecular weight excluding hydrogens is 430 g/mol. The number of allylic oxidation sites excluding steroid dienone is 1. The average Bonchev–Trinajstić information content (AvgIpc) is 2.78. The maximum absolute atomic E-state index is 13.2. The topological polar surface area (TPSA) is 61.4 Å². The van der Waals surface area contributed by atoms with Gasteiger partial charge in [-0.3, -0.25) is 14.5 Å². The Morgan fingerprint density at radius 1 is 1.26 bits per heavy atom. The van der Waals surface area contributed by atoms with E-state index in [2.05, 4.69) is 16.7 Å². The zero-order chi connectivity index (χ0) is 21.8. The fraction of sp³-hybridized carbons (Fsp3) is 0.542. The smallest absolute Gasteiger partial charge is 0.234 e. The summed E-state index contributed by atoms with van der Waals surface area (Å²) in [5, 5.41) is 7.51. The summed E-state index contributed by atoms with van der Waals surface area (Å²) in [6.07, 6.45) is 10.2. The maximum Gasteiger partial charge on any atom is 0.234 e. The van der Waals surface area contributed by atoms with Crippen LogP contribution in [-0.2, 0) is 16.1 Å². The number of nitrogens with zero attached hydrogens (tertiary/aromatic N) is 1. The molecule has 5 nitrogen and oxygen atoms in total. The number of carbonyl (C=O) groups excluding carboxylic acids is 2. The second-order valence-electron chi connectivity index (χ2n) is 8.84. The summed E-state index contributed by atoms with van der Waals surface area (Å²) in [6.45, 7) is 1.07. The van der Waals surface area contributed by atoms with Gasteiger partial charge in [0.05, 0.1) is 12.5 Å². The van der Waals surface area contributed by atoms with Gasteiger partial charge in [0.1, 0.15) is 0 Å². The average molecular weight is 460 g/mol. The summed E-state index contributed by atoms with van der Waals surface area (Å²) < 4.78 is 0. The second-order valence-corrected chi connectivity index (χ2v) is 9.63. The number of fused-ring (bicyclic) bond motifs is 1. The number of halogens is 1. The van der Waals surface area contributed by atoms with E-state index in [9.17, 15) is 9.59 Å². The Kier molecular flexibility index (Phi) is 7.28. The van der Waals surface area contributed by atoms with E-state index in [1.54, 1.807) is 4.90 Å². The molecule has 2 amide bonds. The number of nitrogens with one attached hydrogen (secondary N) is 2. The van der Waals surface area contributed by atoms with Crippen molar-refractivity contribution in [2.24, 2.45) is 11.8 Å². The Morgan fingerprint density at radius 3 is 2.87 bits per heavy atom. The van der Waals surface area contributed by atoms with Crippen LogP contribution in [0.15, 0.2) is 35.9 Å². The van der Waals surface area contributed by atoms with Crippen LogP contribution in [-0.4, -0.2) is 34.4 Å². The molecule has 3 aliphatic rings. The van der Waals surface area contributed by atoms with Crippen LogP contribution in [0.2, 0.25) is 5.02 Å². The molecule has 1 saturated carbocycles. The first-order valence-electron chi connectivity index (χ1n) is 11.3. The van der Waals surface area contributed by atoms with Crippen LogP contribution in [0.25, 0.3) is 0 Å². The highest BCUT2D eigenvalue weighted by Gasteiger charge is 2.44. The largest absolute Gasteiger partial charge is 0.359 e. The van der Waals surface area contributed by atoms with E-state index in [1.165, 1.54) is 24.8 Å². The van der Waals surface area contributed by atoms with Gasteiger partial charge in [-0.2, -0.15) is 0 Å². The van der Waals surface area contributed by atoms with E-state index in [-0.39, 0.29) is 29.7 Å². The predicted molar refractivity (Wildman–Crippen MR) is 127 cm³/mol. The van der Waals surface area contributed by atoms with Crippen LogP contribution in [0.4, 0.5) is 0 Å². The molecule has 31 heavy (non-hydrogen) atoms. The minimum absolute atomic E-state index is 0.0387. The van der Waals surface area contributed by atoms with Crippen molar-refractivity contribution in [2.75, 3.05) is 6.54 Å². The number of amides is 2. The van der Waals surface area contributed by atoms with Gasteiger partial charge < -0.3 is 10.6 Å². The fourth-order valence-corrected chi connectivity index (χ4v) is 5.47. The second kappa shape index (κ2) is 10.1. The molecule has 2 fully saturated rings. The lowest BCUT2D eigenvalue weighted by atomic mass is 9.76. The molecule has 2 aliphatic carbocycles. The molecule has 1 aromatic rings. The Labute approximate surface area is 194 Å². The van der Waals surface area contributed by atoms with Gasteiger partial charge in [0.15, 0.2) is 5.11 Å². The first kappa shape index (κ1) is 22.3. The number of benzene rings is 1. The van der Waals surface area contributed by atoms with E-state index < -0.39 is 0 Å². The van der Waals surface area contributed by atoms with E-state index >= 15 is 0 Å². The Bertz CT molecular complexity index is 887. The minimum Gasteiger partial charge on any atom is -0.359 e. The van der Waals surface area contributed by atoms with Crippen LogP contribution in [0, 0.1) is 11.8 Å². The summed E-state index contributed by atoms with van der Waals surface area (Å²) in [5.41, 5.74) is 2.35. The highest BCUT2D eigenvalue weighted by atomic mass is 35.5. The molecule has 0 bridgehead atoms. The van der Waals surface area contributed by atoms with Crippen LogP contribution in [0.1, 0.15) is 56.9 Å². The van der Waals surface area contributed by atoms with Gasteiger partial charge in [-0.15, -0.1) is 0 Å². The Hall–Kier alpha value is -1.92. The molecule has 1 aliphatic heterocycles. The molecule has 1 saturated heterocycles. The molecule has 3 unspecified atom stereocenters. The molecule has 0 aromatic heterocycles. The monoisotopic (exact) mass is 459 g/mol. The van der Waals surface area contributed by atoms with E-state index in [4.69, 9.17) is 23.8 Å². The first-order chi connectivity index (χ1) is 15.0. The molecule has 166 valence electrons. The van der Waals surface area contributed by atoms with Crippen molar-refractivity contribution in [1.29, 1.82) is 0 Å². The van der Waals surface area contributed by atoms with Gasteiger partial charge in [-0.1, -0.05) is 41.4 Å². The molecule has 1 heterocycles. The lowest BCUT2D eigenvalue weighted by molar-refractivity contribution is -0.138. The van der Waals surface area contributed by atoms with E-state index in [0.29, 0.717) is 36.1 Å².